The molecule has 1 heterocycles. The monoisotopic (exact) mass is 187 g/mol. The Hall–Kier alpha value is -1.10. The molecule has 0 unspecified atom stereocenters. The molecule has 0 saturated carbocycles. The van der Waals surface area contributed by atoms with E-state index in [4.69, 9.17) is 9.84 Å². The number of carbonyl (C=O) groups excluding carboxylic acids is 1. The van der Waals surface area contributed by atoms with Crippen LogP contribution in [0.15, 0.2) is 0 Å². The van der Waals surface area contributed by atoms with Gasteiger partial charge >= 0.3 is 5.97 Å². The number of nitrogens with zero attached hydrogens (tertiary/aromatic N) is 1. The Morgan fingerprint density at radius 3 is 3.00 bits per heavy atom. The molecule has 1 fully saturated rings. The van der Waals surface area contributed by atoms with Gasteiger partial charge in [-0.15, -0.1) is 0 Å². The van der Waals surface area contributed by atoms with Crippen molar-refractivity contribution >= 4 is 11.9 Å². The van der Waals surface area contributed by atoms with Gasteiger partial charge in [0.1, 0.15) is 6.61 Å². The molecule has 74 valence electrons. The van der Waals surface area contributed by atoms with Gasteiger partial charge in [-0.25, -0.2) is 0 Å². The molecule has 13 heavy (non-hydrogen) atoms. The molecule has 0 spiro atoms. The first-order valence-corrected chi connectivity index (χ1v) is 4.27. The molecule has 0 aromatic carbocycles. The predicted molar refractivity (Wildman–Crippen MR) is 44.3 cm³/mol. The van der Waals surface area contributed by atoms with Gasteiger partial charge in [-0.3, -0.25) is 9.59 Å². The van der Waals surface area contributed by atoms with Crippen molar-refractivity contribution in [1.82, 2.24) is 4.90 Å². The first-order chi connectivity index (χ1) is 6.20. The Balaban J connectivity index is 2.19. The van der Waals surface area contributed by atoms with Crippen molar-refractivity contribution in [2.24, 2.45) is 0 Å². The van der Waals surface area contributed by atoms with Gasteiger partial charge in [-0.1, -0.05) is 0 Å². The van der Waals surface area contributed by atoms with Crippen molar-refractivity contribution in [3.05, 3.63) is 0 Å². The number of amides is 1. The van der Waals surface area contributed by atoms with Crippen LogP contribution in [-0.4, -0.2) is 48.2 Å². The lowest BCUT2D eigenvalue weighted by Gasteiger charge is -2.26. The van der Waals surface area contributed by atoms with Crippen LogP contribution in [0.4, 0.5) is 0 Å². The zero-order valence-electron chi connectivity index (χ0n) is 7.36. The summed E-state index contributed by atoms with van der Waals surface area (Å²) in [5, 5.41) is 8.38. The molecule has 1 N–H and O–H groups in total. The molecule has 1 aliphatic heterocycles. The van der Waals surface area contributed by atoms with Gasteiger partial charge in [-0.05, 0) is 6.42 Å². The van der Waals surface area contributed by atoms with Crippen LogP contribution in [-0.2, 0) is 14.3 Å². The van der Waals surface area contributed by atoms with Crippen LogP contribution in [0, 0.1) is 0 Å². The molecular formula is C8H13NO4. The van der Waals surface area contributed by atoms with Gasteiger partial charge in [0.05, 0.1) is 6.61 Å². The van der Waals surface area contributed by atoms with Crippen molar-refractivity contribution in [1.29, 1.82) is 0 Å². The summed E-state index contributed by atoms with van der Waals surface area (Å²) >= 11 is 0. The molecule has 1 aliphatic rings. The number of aliphatic carboxylic acids is 1. The lowest BCUT2D eigenvalue weighted by atomic mass is 10.3. The summed E-state index contributed by atoms with van der Waals surface area (Å²) in [6, 6.07) is 0. The lowest BCUT2D eigenvalue weighted by Crippen LogP contribution is -2.42. The standard InChI is InChI=1S/C8H13NO4/c10-7-6-13-5-4-9(7)3-1-2-8(11)12/h1-6H2,(H,11,12). The summed E-state index contributed by atoms with van der Waals surface area (Å²) in [6.07, 6.45) is 0.631. The first kappa shape index (κ1) is 9.98. The van der Waals surface area contributed by atoms with Crippen molar-refractivity contribution in [3.8, 4) is 0 Å². The SMILES string of the molecule is O=C(O)CCCN1CCOCC1=O. The predicted octanol–water partition coefficient (Wildman–Crippen LogP) is -0.290. The highest BCUT2D eigenvalue weighted by Crippen LogP contribution is 2.01. The minimum absolute atomic E-state index is 0.0448. The number of carboxylic acids is 1. The maximum atomic E-state index is 11.1. The van der Waals surface area contributed by atoms with Crippen molar-refractivity contribution in [3.63, 3.8) is 0 Å². The van der Waals surface area contributed by atoms with Gasteiger partial charge in [0.15, 0.2) is 0 Å². The van der Waals surface area contributed by atoms with E-state index in [-0.39, 0.29) is 18.9 Å². The van der Waals surface area contributed by atoms with Crippen molar-refractivity contribution in [2.75, 3.05) is 26.3 Å². The summed E-state index contributed by atoms with van der Waals surface area (Å²) < 4.78 is 4.93. The van der Waals surface area contributed by atoms with Crippen LogP contribution in [0.25, 0.3) is 0 Å². The van der Waals surface area contributed by atoms with Crippen molar-refractivity contribution < 1.29 is 19.4 Å². The Labute approximate surface area is 76.3 Å². The van der Waals surface area contributed by atoms with E-state index in [9.17, 15) is 9.59 Å². The molecule has 1 rings (SSSR count). The van der Waals surface area contributed by atoms with Gasteiger partial charge in [0.25, 0.3) is 0 Å². The normalized spacial score (nSPS) is 17.5. The Morgan fingerprint density at radius 2 is 2.38 bits per heavy atom. The number of morpholine rings is 1. The topological polar surface area (TPSA) is 66.8 Å². The molecule has 0 radical (unpaired) electrons. The molecule has 0 aromatic heterocycles. The summed E-state index contributed by atoms with van der Waals surface area (Å²) in [7, 11) is 0. The second kappa shape index (κ2) is 4.81. The minimum atomic E-state index is -0.819. The van der Waals surface area contributed by atoms with Gasteiger partial charge < -0.3 is 14.7 Å². The number of hydrogen-bond donors (Lipinski definition) is 1. The third kappa shape index (κ3) is 3.42. The van der Waals surface area contributed by atoms with Crippen LogP contribution >= 0.6 is 0 Å². The summed E-state index contributed by atoms with van der Waals surface area (Å²) in [6.45, 7) is 1.79. The maximum absolute atomic E-state index is 11.1. The zero-order valence-corrected chi connectivity index (χ0v) is 7.36. The van der Waals surface area contributed by atoms with E-state index in [0.717, 1.165) is 0 Å². The quantitative estimate of drug-likeness (QED) is 0.656. The van der Waals surface area contributed by atoms with Gasteiger partial charge in [-0.2, -0.15) is 0 Å². The number of rotatable bonds is 4. The van der Waals surface area contributed by atoms with E-state index in [0.29, 0.717) is 26.1 Å². The Kier molecular flexibility index (Phi) is 3.70. The average molecular weight is 187 g/mol. The molecule has 1 amide bonds. The van der Waals surface area contributed by atoms with E-state index >= 15 is 0 Å². The Morgan fingerprint density at radius 1 is 1.62 bits per heavy atom. The zero-order chi connectivity index (χ0) is 9.68. The fourth-order valence-corrected chi connectivity index (χ4v) is 1.21. The lowest BCUT2D eigenvalue weighted by molar-refractivity contribution is -0.144. The van der Waals surface area contributed by atoms with E-state index in [1.54, 1.807) is 4.90 Å². The third-order valence-corrected chi connectivity index (χ3v) is 1.90. The van der Waals surface area contributed by atoms with Crippen LogP contribution in [0.1, 0.15) is 12.8 Å². The summed E-state index contributed by atoms with van der Waals surface area (Å²) in [5.74, 6) is -0.864. The number of hydrogen-bond acceptors (Lipinski definition) is 3. The van der Waals surface area contributed by atoms with Gasteiger partial charge in [0, 0.05) is 19.5 Å². The number of ether oxygens (including phenoxy) is 1. The van der Waals surface area contributed by atoms with Gasteiger partial charge in [0.2, 0.25) is 5.91 Å². The number of carbonyl (C=O) groups is 2. The molecule has 0 aromatic rings. The average Bonchev–Trinajstić information content (AvgIpc) is 2.08. The molecular weight excluding hydrogens is 174 g/mol. The molecule has 1 saturated heterocycles. The second-order valence-electron chi connectivity index (χ2n) is 2.93. The molecule has 5 nitrogen and oxygen atoms in total. The van der Waals surface area contributed by atoms with Crippen LogP contribution in [0.3, 0.4) is 0 Å². The second-order valence-corrected chi connectivity index (χ2v) is 2.93. The van der Waals surface area contributed by atoms with Crippen LogP contribution in [0.5, 0.6) is 0 Å². The minimum Gasteiger partial charge on any atom is -0.481 e. The molecule has 0 aliphatic carbocycles. The first-order valence-electron chi connectivity index (χ1n) is 4.27. The summed E-state index contributed by atoms with van der Waals surface area (Å²) in [4.78, 5) is 23.0. The summed E-state index contributed by atoms with van der Waals surface area (Å²) in [5.41, 5.74) is 0. The largest absolute Gasteiger partial charge is 0.481 e. The highest BCUT2D eigenvalue weighted by Gasteiger charge is 2.17. The van der Waals surface area contributed by atoms with E-state index in [1.807, 2.05) is 0 Å². The highest BCUT2D eigenvalue weighted by atomic mass is 16.5. The highest BCUT2D eigenvalue weighted by molar-refractivity contribution is 5.78. The van der Waals surface area contributed by atoms with E-state index in [1.165, 1.54) is 0 Å². The molecule has 0 atom stereocenters. The Bertz CT molecular complexity index is 204. The smallest absolute Gasteiger partial charge is 0.303 e. The van der Waals surface area contributed by atoms with Crippen molar-refractivity contribution in [2.45, 2.75) is 12.8 Å². The fraction of sp³-hybridized carbons (Fsp3) is 0.750. The van der Waals surface area contributed by atoms with Crippen LogP contribution < -0.4 is 0 Å². The molecule has 5 heteroatoms. The number of carboxylic acid groups (broad SMARTS) is 1. The van der Waals surface area contributed by atoms with Crippen LogP contribution in [0.2, 0.25) is 0 Å². The fourth-order valence-electron chi connectivity index (χ4n) is 1.21. The maximum Gasteiger partial charge on any atom is 0.303 e. The van der Waals surface area contributed by atoms with E-state index in [2.05, 4.69) is 0 Å². The van der Waals surface area contributed by atoms with E-state index < -0.39 is 5.97 Å². The third-order valence-electron chi connectivity index (χ3n) is 1.90. The molecule has 0 bridgehead atoms.